The van der Waals surface area contributed by atoms with Crippen molar-refractivity contribution in [1.82, 2.24) is 5.43 Å². The molecule has 2 N–H and O–H groups in total. The summed E-state index contributed by atoms with van der Waals surface area (Å²) in [7, 11) is 0. The van der Waals surface area contributed by atoms with Gasteiger partial charge in [-0.05, 0) is 48.0 Å². The fraction of sp³-hybridized carbons (Fsp3) is 0. The molecule has 0 heterocycles. The van der Waals surface area contributed by atoms with Crippen LogP contribution in [0.3, 0.4) is 0 Å². The van der Waals surface area contributed by atoms with E-state index >= 15 is 0 Å². The third-order valence-corrected chi connectivity index (χ3v) is 4.08. The Morgan fingerprint density at radius 2 is 1.70 bits per heavy atom. The zero-order valence-electron chi connectivity index (χ0n) is 16.7. The minimum atomic E-state index is -1.06. The molecule has 0 atom stereocenters. The SMILES string of the molecule is O=C(N/N=C/c1cccc(OC(=O)c2ccccc2[N+](=O)[O-])c1)C(=O)Nc1ccc(F)cc1. The average molecular weight is 450 g/mol. The average Bonchev–Trinajstić information content (AvgIpc) is 2.80. The van der Waals surface area contributed by atoms with Gasteiger partial charge in [-0.3, -0.25) is 19.7 Å². The van der Waals surface area contributed by atoms with E-state index in [2.05, 4.69) is 10.4 Å². The van der Waals surface area contributed by atoms with Crippen molar-refractivity contribution >= 4 is 35.4 Å². The summed E-state index contributed by atoms with van der Waals surface area (Å²) in [4.78, 5) is 46.4. The predicted octanol–water partition coefficient (Wildman–Crippen LogP) is 3.04. The van der Waals surface area contributed by atoms with Gasteiger partial charge in [0.05, 0.1) is 11.1 Å². The molecule has 0 spiro atoms. The highest BCUT2D eigenvalue weighted by molar-refractivity contribution is 6.39. The van der Waals surface area contributed by atoms with E-state index in [9.17, 15) is 28.9 Å². The lowest BCUT2D eigenvalue weighted by Crippen LogP contribution is -2.32. The Hall–Kier alpha value is -4.93. The summed E-state index contributed by atoms with van der Waals surface area (Å²) in [5, 5.41) is 17.0. The molecule has 0 radical (unpaired) electrons. The van der Waals surface area contributed by atoms with Crippen LogP contribution in [0.5, 0.6) is 5.75 Å². The highest BCUT2D eigenvalue weighted by Crippen LogP contribution is 2.21. The Morgan fingerprint density at radius 1 is 0.970 bits per heavy atom. The van der Waals surface area contributed by atoms with Gasteiger partial charge < -0.3 is 10.1 Å². The number of hydrazone groups is 1. The van der Waals surface area contributed by atoms with Gasteiger partial charge in [-0.25, -0.2) is 14.6 Å². The molecule has 3 aromatic rings. The number of anilines is 1. The van der Waals surface area contributed by atoms with E-state index in [1.165, 1.54) is 60.8 Å². The number of carbonyl (C=O) groups excluding carboxylic acids is 3. The van der Waals surface area contributed by atoms with Gasteiger partial charge in [-0.2, -0.15) is 5.10 Å². The summed E-state index contributed by atoms with van der Waals surface area (Å²) in [6.45, 7) is 0. The molecule has 11 heteroatoms. The number of nitro groups is 1. The fourth-order valence-electron chi connectivity index (χ4n) is 2.56. The van der Waals surface area contributed by atoms with Crippen LogP contribution in [-0.4, -0.2) is 28.9 Å². The Kier molecular flexibility index (Phi) is 7.17. The van der Waals surface area contributed by atoms with E-state index in [1.807, 2.05) is 5.43 Å². The number of ether oxygens (including phenoxy) is 1. The Bertz CT molecular complexity index is 1240. The van der Waals surface area contributed by atoms with Crippen LogP contribution in [-0.2, 0) is 9.59 Å². The molecule has 166 valence electrons. The largest absolute Gasteiger partial charge is 0.423 e. The molecule has 0 bridgehead atoms. The van der Waals surface area contributed by atoms with E-state index in [-0.39, 0.29) is 22.7 Å². The predicted molar refractivity (Wildman–Crippen MR) is 115 cm³/mol. The Balaban J connectivity index is 1.60. The smallest absolute Gasteiger partial charge is 0.350 e. The standard InChI is InChI=1S/C22H15FN4O6/c23-15-8-10-16(11-9-15)25-20(28)21(29)26-24-13-14-4-3-5-17(12-14)33-22(30)18-6-1-2-7-19(18)27(31)32/h1-13H,(H,25,28)(H,26,29)/b24-13+. The quantitative estimate of drug-likeness (QED) is 0.148. The summed E-state index contributed by atoms with van der Waals surface area (Å²) >= 11 is 0. The molecular weight excluding hydrogens is 435 g/mol. The molecule has 0 aliphatic carbocycles. The van der Waals surface area contributed by atoms with E-state index < -0.39 is 28.5 Å². The molecule has 0 saturated heterocycles. The molecule has 0 aliphatic heterocycles. The first kappa shape index (κ1) is 22.7. The third-order valence-electron chi connectivity index (χ3n) is 4.08. The van der Waals surface area contributed by atoms with E-state index in [4.69, 9.17) is 4.74 Å². The second-order valence-electron chi connectivity index (χ2n) is 6.40. The molecule has 0 unspecified atom stereocenters. The fourth-order valence-corrected chi connectivity index (χ4v) is 2.56. The topological polar surface area (TPSA) is 140 Å². The van der Waals surface area contributed by atoms with Crippen molar-refractivity contribution in [2.75, 3.05) is 5.32 Å². The number of rotatable bonds is 6. The van der Waals surface area contributed by atoms with Gasteiger partial charge in [0.15, 0.2) is 0 Å². The lowest BCUT2D eigenvalue weighted by atomic mass is 10.2. The Morgan fingerprint density at radius 3 is 2.42 bits per heavy atom. The monoisotopic (exact) mass is 450 g/mol. The zero-order valence-corrected chi connectivity index (χ0v) is 16.7. The lowest BCUT2D eigenvalue weighted by Gasteiger charge is -2.06. The minimum absolute atomic E-state index is 0.0856. The molecule has 0 fully saturated rings. The minimum Gasteiger partial charge on any atom is -0.423 e. The van der Waals surface area contributed by atoms with Gasteiger partial charge in [0.25, 0.3) is 5.69 Å². The summed E-state index contributed by atoms with van der Waals surface area (Å²) in [5.41, 5.74) is 2.07. The molecule has 0 saturated carbocycles. The van der Waals surface area contributed by atoms with Crippen molar-refractivity contribution in [3.05, 3.63) is 99.9 Å². The molecule has 33 heavy (non-hydrogen) atoms. The molecule has 10 nitrogen and oxygen atoms in total. The maximum atomic E-state index is 12.9. The molecule has 2 amide bonds. The van der Waals surface area contributed by atoms with E-state index in [0.717, 1.165) is 12.1 Å². The number of nitrogens with one attached hydrogen (secondary N) is 2. The lowest BCUT2D eigenvalue weighted by molar-refractivity contribution is -0.385. The number of hydrogen-bond acceptors (Lipinski definition) is 7. The number of hydrogen-bond donors (Lipinski definition) is 2. The number of nitrogens with zero attached hydrogens (tertiary/aromatic N) is 2. The number of esters is 1. The molecular formula is C22H15FN4O6. The molecule has 0 aliphatic rings. The third kappa shape index (κ3) is 6.28. The van der Waals surface area contributed by atoms with Crippen molar-refractivity contribution in [3.63, 3.8) is 0 Å². The van der Waals surface area contributed by atoms with Crippen LogP contribution in [0.4, 0.5) is 15.8 Å². The van der Waals surface area contributed by atoms with Gasteiger partial charge in [-0.15, -0.1) is 0 Å². The van der Waals surface area contributed by atoms with Crippen molar-refractivity contribution in [2.45, 2.75) is 0 Å². The number of nitro benzene ring substituents is 1. The maximum absolute atomic E-state index is 12.9. The first-order valence-corrected chi connectivity index (χ1v) is 9.29. The zero-order chi connectivity index (χ0) is 23.8. The molecule has 3 rings (SSSR count). The summed E-state index contributed by atoms with van der Waals surface area (Å²) in [6, 6.07) is 16.2. The van der Waals surface area contributed by atoms with Crippen LogP contribution in [0.1, 0.15) is 15.9 Å². The van der Waals surface area contributed by atoms with Crippen molar-refractivity contribution in [2.24, 2.45) is 5.10 Å². The van der Waals surface area contributed by atoms with Crippen LogP contribution in [0, 0.1) is 15.9 Å². The number of carbonyl (C=O) groups is 3. The number of amides is 2. The second-order valence-corrected chi connectivity index (χ2v) is 6.40. The second kappa shape index (κ2) is 10.4. The molecule has 0 aromatic heterocycles. The summed E-state index contributed by atoms with van der Waals surface area (Å²) in [6.07, 6.45) is 1.20. The molecule has 3 aromatic carbocycles. The first-order valence-electron chi connectivity index (χ1n) is 9.29. The van der Waals surface area contributed by atoms with Gasteiger partial charge in [0, 0.05) is 11.8 Å². The maximum Gasteiger partial charge on any atom is 0.350 e. The summed E-state index contributed by atoms with van der Waals surface area (Å²) in [5.74, 6) is -3.39. The van der Waals surface area contributed by atoms with Gasteiger partial charge in [0.2, 0.25) is 0 Å². The van der Waals surface area contributed by atoms with Crippen LogP contribution in [0.15, 0.2) is 77.9 Å². The van der Waals surface area contributed by atoms with Crippen LogP contribution in [0.2, 0.25) is 0 Å². The summed E-state index contributed by atoms with van der Waals surface area (Å²) < 4.78 is 18.1. The van der Waals surface area contributed by atoms with Crippen molar-refractivity contribution in [1.29, 1.82) is 0 Å². The van der Waals surface area contributed by atoms with Crippen molar-refractivity contribution in [3.8, 4) is 5.75 Å². The van der Waals surface area contributed by atoms with Crippen LogP contribution in [0.25, 0.3) is 0 Å². The number of halogens is 1. The van der Waals surface area contributed by atoms with E-state index in [0.29, 0.717) is 5.56 Å². The van der Waals surface area contributed by atoms with Crippen LogP contribution < -0.4 is 15.5 Å². The van der Waals surface area contributed by atoms with E-state index in [1.54, 1.807) is 6.07 Å². The highest BCUT2D eigenvalue weighted by Gasteiger charge is 2.21. The first-order chi connectivity index (χ1) is 15.8. The van der Waals surface area contributed by atoms with Gasteiger partial charge >= 0.3 is 17.8 Å². The van der Waals surface area contributed by atoms with Crippen LogP contribution >= 0.6 is 0 Å². The Labute approximate surface area is 185 Å². The van der Waals surface area contributed by atoms with Gasteiger partial charge in [0.1, 0.15) is 17.1 Å². The normalized spacial score (nSPS) is 10.5. The number of para-hydroxylation sites is 1. The van der Waals surface area contributed by atoms with Crippen molar-refractivity contribution < 1.29 is 28.4 Å². The highest BCUT2D eigenvalue weighted by atomic mass is 19.1. The van der Waals surface area contributed by atoms with Gasteiger partial charge in [-0.1, -0.05) is 24.3 Å². The number of benzene rings is 3.